The molecule has 194 valence electrons. The predicted molar refractivity (Wildman–Crippen MR) is 142 cm³/mol. The van der Waals surface area contributed by atoms with Gasteiger partial charge in [0.05, 0.1) is 38.1 Å². The molecule has 6 rings (SSSR count). The summed E-state index contributed by atoms with van der Waals surface area (Å²) in [5, 5.41) is 12.5. The molecule has 0 atom stereocenters. The SMILES string of the molecule is COc1cc(-c2nnc(Nc3cc4nc(-c5cccc(F)c5)n(C5CC5)c4cc3F)s2)cc(OC)c1OC. The van der Waals surface area contributed by atoms with Crippen molar-refractivity contribution >= 4 is 33.2 Å². The Kier molecular flexibility index (Phi) is 6.07. The molecule has 8 nitrogen and oxygen atoms in total. The Labute approximate surface area is 220 Å². The number of hydrogen-bond acceptors (Lipinski definition) is 8. The number of anilines is 2. The smallest absolute Gasteiger partial charge is 0.210 e. The van der Waals surface area contributed by atoms with Crippen molar-refractivity contribution in [2.45, 2.75) is 18.9 Å². The van der Waals surface area contributed by atoms with Crippen LogP contribution in [-0.4, -0.2) is 41.1 Å². The molecule has 2 aromatic heterocycles. The first-order chi connectivity index (χ1) is 18.5. The number of benzene rings is 3. The molecule has 38 heavy (non-hydrogen) atoms. The Bertz CT molecular complexity index is 1640. The van der Waals surface area contributed by atoms with Crippen molar-refractivity contribution in [3.8, 4) is 39.2 Å². The van der Waals surface area contributed by atoms with Crippen molar-refractivity contribution < 1.29 is 23.0 Å². The van der Waals surface area contributed by atoms with Crippen LogP contribution >= 0.6 is 11.3 Å². The normalized spacial score (nSPS) is 13.1. The summed E-state index contributed by atoms with van der Waals surface area (Å²) < 4.78 is 47.5. The minimum Gasteiger partial charge on any atom is -0.493 e. The summed E-state index contributed by atoms with van der Waals surface area (Å²) in [5.74, 6) is 1.28. The van der Waals surface area contributed by atoms with Crippen molar-refractivity contribution in [1.82, 2.24) is 19.7 Å². The number of nitrogens with zero attached hydrogens (tertiary/aromatic N) is 4. The molecule has 1 aliphatic rings. The predicted octanol–water partition coefficient (Wildman–Crippen LogP) is 6.60. The van der Waals surface area contributed by atoms with E-state index in [4.69, 9.17) is 19.2 Å². The van der Waals surface area contributed by atoms with E-state index < -0.39 is 5.82 Å². The van der Waals surface area contributed by atoms with Gasteiger partial charge < -0.3 is 24.1 Å². The van der Waals surface area contributed by atoms with E-state index in [9.17, 15) is 4.39 Å². The van der Waals surface area contributed by atoms with E-state index in [1.54, 1.807) is 24.3 Å². The highest BCUT2D eigenvalue weighted by atomic mass is 32.1. The van der Waals surface area contributed by atoms with Crippen molar-refractivity contribution in [1.29, 1.82) is 0 Å². The van der Waals surface area contributed by atoms with Crippen molar-refractivity contribution in [3.05, 3.63) is 60.2 Å². The molecular weight excluding hydrogens is 512 g/mol. The molecule has 2 heterocycles. The first-order valence-corrected chi connectivity index (χ1v) is 12.7. The van der Waals surface area contributed by atoms with Crippen molar-refractivity contribution in [3.63, 3.8) is 0 Å². The molecular formula is C27H23F2N5O3S. The first kappa shape index (κ1) is 24.1. The largest absolute Gasteiger partial charge is 0.493 e. The van der Waals surface area contributed by atoms with Crippen LogP contribution in [0.15, 0.2) is 48.5 Å². The third kappa shape index (κ3) is 4.28. The van der Waals surface area contributed by atoms with Gasteiger partial charge in [-0.2, -0.15) is 0 Å². The van der Waals surface area contributed by atoms with Crippen LogP contribution in [0.5, 0.6) is 17.2 Å². The molecule has 11 heteroatoms. The quantitative estimate of drug-likeness (QED) is 0.240. The minimum atomic E-state index is -0.449. The molecule has 1 aliphatic carbocycles. The van der Waals surface area contributed by atoms with E-state index in [1.165, 1.54) is 50.9 Å². The first-order valence-electron chi connectivity index (χ1n) is 11.9. The van der Waals surface area contributed by atoms with Crippen molar-refractivity contribution in [2.24, 2.45) is 0 Å². The second kappa shape index (κ2) is 9.56. The lowest BCUT2D eigenvalue weighted by atomic mass is 10.2. The lowest BCUT2D eigenvalue weighted by Gasteiger charge is -2.13. The summed E-state index contributed by atoms with van der Waals surface area (Å²) in [6.45, 7) is 0. The third-order valence-corrected chi connectivity index (χ3v) is 7.24. The van der Waals surface area contributed by atoms with Crippen LogP contribution in [-0.2, 0) is 0 Å². The number of imidazole rings is 1. The number of halogens is 2. The van der Waals surface area contributed by atoms with Crippen molar-refractivity contribution in [2.75, 3.05) is 26.6 Å². The fraction of sp³-hybridized carbons (Fsp3) is 0.222. The molecule has 0 spiro atoms. The maximum atomic E-state index is 15.3. The van der Waals surface area contributed by atoms with E-state index >= 15 is 4.39 Å². The number of nitrogens with one attached hydrogen (secondary N) is 1. The van der Waals surface area contributed by atoms with Gasteiger partial charge in [0.1, 0.15) is 22.5 Å². The average molecular weight is 536 g/mol. The molecule has 0 unspecified atom stereocenters. The Hall–Kier alpha value is -4.25. The minimum absolute atomic E-state index is 0.219. The van der Waals surface area contributed by atoms with Gasteiger partial charge in [-0.05, 0) is 43.2 Å². The van der Waals surface area contributed by atoms with Crippen LogP contribution in [0.25, 0.3) is 33.0 Å². The second-order valence-electron chi connectivity index (χ2n) is 8.82. The van der Waals surface area contributed by atoms with Gasteiger partial charge in [0.25, 0.3) is 0 Å². The zero-order chi connectivity index (χ0) is 26.4. The molecule has 5 aromatic rings. The highest BCUT2D eigenvalue weighted by Gasteiger charge is 2.29. The van der Waals surface area contributed by atoms with Gasteiger partial charge in [-0.1, -0.05) is 23.5 Å². The van der Waals surface area contributed by atoms with Crippen LogP contribution in [0.2, 0.25) is 0 Å². The van der Waals surface area contributed by atoms with Gasteiger partial charge in [-0.15, -0.1) is 10.2 Å². The lowest BCUT2D eigenvalue weighted by molar-refractivity contribution is 0.324. The number of ether oxygens (including phenoxy) is 3. The van der Waals surface area contributed by atoms with E-state index in [2.05, 4.69) is 15.5 Å². The number of rotatable bonds is 8. The third-order valence-electron chi connectivity index (χ3n) is 6.35. The molecule has 1 saturated carbocycles. The summed E-state index contributed by atoms with van der Waals surface area (Å²) in [6, 6.07) is 13.2. The fourth-order valence-corrected chi connectivity index (χ4v) is 5.20. The fourth-order valence-electron chi connectivity index (χ4n) is 4.46. The van der Waals surface area contributed by atoms with Gasteiger partial charge in [-0.3, -0.25) is 0 Å². The van der Waals surface area contributed by atoms with Crippen LogP contribution in [0, 0.1) is 11.6 Å². The molecule has 3 aromatic carbocycles. The van der Waals surface area contributed by atoms with Crippen LogP contribution in [0.4, 0.5) is 19.6 Å². The standard InChI is InChI=1S/C27H23F2N5O3S/c1-35-22-10-15(11-23(36-2)24(22)37-3)26-32-33-27(38-26)31-19-13-20-21(12-18(19)29)34(17-7-8-17)25(30-20)14-5-4-6-16(28)9-14/h4-6,9-13,17H,7-8H2,1-3H3,(H,31,33). The summed E-state index contributed by atoms with van der Waals surface area (Å²) in [4.78, 5) is 4.75. The Morgan fingerprint density at radius 3 is 2.34 bits per heavy atom. The lowest BCUT2D eigenvalue weighted by Crippen LogP contribution is -1.98. The molecule has 0 amide bonds. The molecule has 1 N–H and O–H groups in total. The van der Waals surface area contributed by atoms with Gasteiger partial charge in [0.15, 0.2) is 11.5 Å². The Morgan fingerprint density at radius 1 is 0.921 bits per heavy atom. The molecule has 0 radical (unpaired) electrons. The summed E-state index contributed by atoms with van der Waals surface area (Å²) in [7, 11) is 4.61. The zero-order valence-electron chi connectivity index (χ0n) is 20.8. The van der Waals surface area contributed by atoms with E-state index in [-0.39, 0.29) is 17.5 Å². The second-order valence-corrected chi connectivity index (χ2v) is 9.80. The van der Waals surface area contributed by atoms with Gasteiger partial charge >= 0.3 is 0 Å². The molecule has 0 bridgehead atoms. The molecule has 0 aliphatic heterocycles. The Balaban J connectivity index is 1.35. The Morgan fingerprint density at radius 2 is 1.68 bits per heavy atom. The molecule has 0 saturated heterocycles. The summed E-state index contributed by atoms with van der Waals surface area (Å²) >= 11 is 1.25. The number of aromatic nitrogens is 4. The van der Waals surface area contributed by atoms with Crippen LogP contribution < -0.4 is 19.5 Å². The highest BCUT2D eigenvalue weighted by Crippen LogP contribution is 2.44. The van der Waals surface area contributed by atoms with E-state index in [0.29, 0.717) is 55.4 Å². The maximum absolute atomic E-state index is 15.3. The van der Waals surface area contributed by atoms with Gasteiger partial charge in [0, 0.05) is 23.2 Å². The van der Waals surface area contributed by atoms with E-state index in [0.717, 1.165) is 12.8 Å². The number of methoxy groups -OCH3 is 3. The summed E-state index contributed by atoms with van der Waals surface area (Å²) in [5.41, 5.74) is 2.86. The number of hydrogen-bond donors (Lipinski definition) is 1. The maximum Gasteiger partial charge on any atom is 0.210 e. The van der Waals surface area contributed by atoms with Crippen LogP contribution in [0.3, 0.4) is 0 Å². The van der Waals surface area contributed by atoms with E-state index in [1.807, 2.05) is 10.6 Å². The number of fused-ring (bicyclic) bond motifs is 1. The highest BCUT2D eigenvalue weighted by molar-refractivity contribution is 7.18. The summed E-state index contributed by atoms with van der Waals surface area (Å²) in [6.07, 6.45) is 1.95. The van der Waals surface area contributed by atoms with Gasteiger partial charge in [-0.25, -0.2) is 13.8 Å². The average Bonchev–Trinajstić information content (AvgIpc) is 3.54. The monoisotopic (exact) mass is 535 g/mol. The van der Waals surface area contributed by atoms with Crippen LogP contribution in [0.1, 0.15) is 18.9 Å². The molecule has 1 fully saturated rings. The topological polar surface area (TPSA) is 83.3 Å². The zero-order valence-corrected chi connectivity index (χ0v) is 21.6. The van der Waals surface area contributed by atoms with Gasteiger partial charge in [0.2, 0.25) is 10.9 Å².